The molecule has 5 heteroatoms. The third-order valence-electron chi connectivity index (χ3n) is 9.38. The van der Waals surface area contributed by atoms with Crippen LogP contribution < -0.4 is 0 Å². The van der Waals surface area contributed by atoms with E-state index >= 15 is 0 Å². The summed E-state index contributed by atoms with van der Waals surface area (Å²) in [6, 6.07) is 56.9. The lowest BCUT2D eigenvalue weighted by Gasteiger charge is -2.13. The van der Waals surface area contributed by atoms with E-state index in [2.05, 4.69) is 127 Å². The van der Waals surface area contributed by atoms with Crippen LogP contribution in [0.15, 0.2) is 168 Å². The predicted molar refractivity (Wildman–Crippen MR) is 207 cm³/mol. The van der Waals surface area contributed by atoms with E-state index in [1.165, 1.54) is 31.3 Å². The number of furan rings is 1. The summed E-state index contributed by atoms with van der Waals surface area (Å²) in [5.41, 5.74) is 8.94. The molecule has 3 heterocycles. The number of benzene rings is 7. The van der Waals surface area contributed by atoms with Crippen molar-refractivity contribution in [2.45, 2.75) is 0 Å². The molecule has 0 saturated heterocycles. The highest BCUT2D eigenvalue weighted by Gasteiger charge is 2.18. The molecule has 0 aliphatic carbocycles. The molecule has 0 bridgehead atoms. The first-order chi connectivity index (χ1) is 24.7. The Hall–Kier alpha value is -6.43. The molecule has 10 rings (SSSR count). The fraction of sp³-hybridized carbons (Fsp3) is 0. The second-order valence-corrected chi connectivity index (χ2v) is 13.5. The molecule has 3 aromatic heterocycles. The van der Waals surface area contributed by atoms with Gasteiger partial charge in [-0.2, -0.15) is 0 Å². The number of rotatable bonds is 5. The zero-order valence-electron chi connectivity index (χ0n) is 26.7. The number of aromatic nitrogens is 3. The Morgan fingerprint density at radius 1 is 0.340 bits per heavy atom. The summed E-state index contributed by atoms with van der Waals surface area (Å²) in [6.07, 6.45) is 0. The summed E-state index contributed by atoms with van der Waals surface area (Å²) in [6.45, 7) is 0. The van der Waals surface area contributed by atoms with Crippen LogP contribution in [0.4, 0.5) is 0 Å². The summed E-state index contributed by atoms with van der Waals surface area (Å²) in [5.74, 6) is 1.84. The molecular weight excluding hydrogens is 631 g/mol. The van der Waals surface area contributed by atoms with Gasteiger partial charge in [0.1, 0.15) is 11.2 Å². The molecule has 10 aromatic rings. The van der Waals surface area contributed by atoms with Crippen molar-refractivity contribution in [3.8, 4) is 56.4 Å². The molecule has 50 heavy (non-hydrogen) atoms. The molecule has 0 N–H and O–H groups in total. The molecule has 0 amide bonds. The highest BCUT2D eigenvalue weighted by atomic mass is 32.1. The van der Waals surface area contributed by atoms with Gasteiger partial charge in [0.2, 0.25) is 0 Å². The van der Waals surface area contributed by atoms with Gasteiger partial charge in [0.25, 0.3) is 0 Å². The summed E-state index contributed by atoms with van der Waals surface area (Å²) in [7, 11) is 0. The maximum atomic E-state index is 6.27. The van der Waals surface area contributed by atoms with Gasteiger partial charge in [-0.15, -0.1) is 11.3 Å². The van der Waals surface area contributed by atoms with Crippen LogP contribution in [0.1, 0.15) is 0 Å². The van der Waals surface area contributed by atoms with E-state index in [1.54, 1.807) is 11.3 Å². The molecule has 7 aromatic carbocycles. The van der Waals surface area contributed by atoms with E-state index in [0.717, 1.165) is 49.8 Å². The SMILES string of the molecule is c1ccc(-c2ccc(-c3ccccc3-c3nc(-c4ccc5c(c4)oc4ccccc45)nc(-c4ccc5sc6ccccc6c5c4)n3)cc2)cc1. The smallest absolute Gasteiger partial charge is 0.164 e. The largest absolute Gasteiger partial charge is 0.456 e. The lowest BCUT2D eigenvalue weighted by Crippen LogP contribution is -2.01. The third kappa shape index (κ3) is 4.87. The van der Waals surface area contributed by atoms with Crippen molar-refractivity contribution in [3.63, 3.8) is 0 Å². The number of para-hydroxylation sites is 1. The first kappa shape index (κ1) is 28.6. The van der Waals surface area contributed by atoms with Crippen molar-refractivity contribution >= 4 is 53.4 Å². The van der Waals surface area contributed by atoms with Gasteiger partial charge in [-0.3, -0.25) is 0 Å². The summed E-state index contributed by atoms with van der Waals surface area (Å²) in [4.78, 5) is 15.4. The average Bonchev–Trinajstić information content (AvgIpc) is 3.76. The van der Waals surface area contributed by atoms with Crippen LogP contribution in [-0.4, -0.2) is 15.0 Å². The second kappa shape index (κ2) is 11.6. The lowest BCUT2D eigenvalue weighted by molar-refractivity contribution is 0.669. The summed E-state index contributed by atoms with van der Waals surface area (Å²) < 4.78 is 8.78. The minimum atomic E-state index is 0.594. The maximum absolute atomic E-state index is 6.27. The van der Waals surface area contributed by atoms with Crippen LogP contribution in [-0.2, 0) is 0 Å². The minimum Gasteiger partial charge on any atom is -0.456 e. The molecule has 0 unspecified atom stereocenters. The Labute approximate surface area is 292 Å². The normalized spacial score (nSPS) is 11.6. The van der Waals surface area contributed by atoms with Crippen molar-refractivity contribution in [1.29, 1.82) is 0 Å². The lowest BCUT2D eigenvalue weighted by atomic mass is 9.96. The van der Waals surface area contributed by atoms with E-state index in [1.807, 2.05) is 36.4 Å². The zero-order valence-corrected chi connectivity index (χ0v) is 27.6. The van der Waals surface area contributed by atoms with Gasteiger partial charge >= 0.3 is 0 Å². The fourth-order valence-electron chi connectivity index (χ4n) is 6.89. The van der Waals surface area contributed by atoms with E-state index in [9.17, 15) is 0 Å². The predicted octanol–water partition coefficient (Wildman–Crippen LogP) is 12.5. The number of thiophene rings is 1. The van der Waals surface area contributed by atoms with E-state index in [-0.39, 0.29) is 0 Å². The molecular formula is C45H27N3OS. The van der Waals surface area contributed by atoms with E-state index in [0.29, 0.717) is 17.5 Å². The standard InChI is InChI=1S/C45H27N3OS/c1-2-10-28(11-3-1)29-18-20-30(21-19-29)33-12-4-5-15-37(33)45-47-43(31-23-25-42-38(26-31)36-14-7-9-17-41(36)50-42)46-44(48-45)32-22-24-35-34-13-6-8-16-39(34)49-40(35)27-32/h1-27H. The first-order valence-corrected chi connectivity index (χ1v) is 17.4. The monoisotopic (exact) mass is 657 g/mol. The highest BCUT2D eigenvalue weighted by molar-refractivity contribution is 7.25. The van der Waals surface area contributed by atoms with Crippen molar-refractivity contribution in [3.05, 3.63) is 164 Å². The van der Waals surface area contributed by atoms with Crippen molar-refractivity contribution in [2.75, 3.05) is 0 Å². The van der Waals surface area contributed by atoms with Crippen LogP contribution >= 0.6 is 11.3 Å². The van der Waals surface area contributed by atoms with Crippen LogP contribution in [0.5, 0.6) is 0 Å². The molecule has 0 radical (unpaired) electrons. The second-order valence-electron chi connectivity index (χ2n) is 12.4. The van der Waals surface area contributed by atoms with Gasteiger partial charge in [0.15, 0.2) is 17.5 Å². The van der Waals surface area contributed by atoms with Gasteiger partial charge in [-0.1, -0.05) is 121 Å². The molecule has 0 atom stereocenters. The Balaban J connectivity index is 1.15. The van der Waals surface area contributed by atoms with E-state index in [4.69, 9.17) is 19.4 Å². The van der Waals surface area contributed by atoms with Crippen molar-refractivity contribution in [1.82, 2.24) is 15.0 Å². The minimum absolute atomic E-state index is 0.594. The quantitative estimate of drug-likeness (QED) is 0.185. The summed E-state index contributed by atoms with van der Waals surface area (Å²) >= 11 is 1.80. The highest BCUT2D eigenvalue weighted by Crippen LogP contribution is 2.38. The Kier molecular flexibility index (Phi) is 6.64. The first-order valence-electron chi connectivity index (χ1n) is 16.6. The van der Waals surface area contributed by atoms with Crippen LogP contribution in [0.2, 0.25) is 0 Å². The van der Waals surface area contributed by atoms with Crippen LogP contribution in [0.25, 0.3) is 98.5 Å². The molecule has 0 saturated carbocycles. The Morgan fingerprint density at radius 2 is 0.900 bits per heavy atom. The zero-order chi connectivity index (χ0) is 33.0. The number of fused-ring (bicyclic) bond motifs is 6. The van der Waals surface area contributed by atoms with Gasteiger partial charge in [-0.25, -0.2) is 15.0 Å². The fourth-order valence-corrected chi connectivity index (χ4v) is 7.97. The molecule has 234 valence electrons. The molecule has 0 aliphatic heterocycles. The van der Waals surface area contributed by atoms with Crippen molar-refractivity contribution < 1.29 is 4.42 Å². The molecule has 0 spiro atoms. The summed E-state index contributed by atoms with van der Waals surface area (Å²) in [5, 5.41) is 4.60. The Bertz CT molecular complexity index is 2870. The third-order valence-corrected chi connectivity index (χ3v) is 10.5. The average molecular weight is 658 g/mol. The van der Waals surface area contributed by atoms with Crippen LogP contribution in [0, 0.1) is 0 Å². The van der Waals surface area contributed by atoms with E-state index < -0.39 is 0 Å². The molecule has 0 aliphatic rings. The van der Waals surface area contributed by atoms with Crippen molar-refractivity contribution in [2.24, 2.45) is 0 Å². The van der Waals surface area contributed by atoms with Gasteiger partial charge in [0.05, 0.1) is 0 Å². The maximum Gasteiger partial charge on any atom is 0.164 e. The van der Waals surface area contributed by atoms with Gasteiger partial charge in [-0.05, 0) is 64.7 Å². The number of hydrogen-bond donors (Lipinski definition) is 0. The molecule has 4 nitrogen and oxygen atoms in total. The van der Waals surface area contributed by atoms with Crippen LogP contribution in [0.3, 0.4) is 0 Å². The van der Waals surface area contributed by atoms with Gasteiger partial charge in [0, 0.05) is 47.6 Å². The number of nitrogens with zero attached hydrogens (tertiary/aromatic N) is 3. The van der Waals surface area contributed by atoms with Gasteiger partial charge < -0.3 is 4.42 Å². The molecule has 0 fully saturated rings. The number of hydrogen-bond acceptors (Lipinski definition) is 5. The Morgan fingerprint density at radius 3 is 1.74 bits per heavy atom. The topological polar surface area (TPSA) is 51.8 Å².